The van der Waals surface area contributed by atoms with Crippen molar-refractivity contribution in [3.05, 3.63) is 71.0 Å². The molecular weight excluding hydrogens is 316 g/mol. The SMILES string of the molecule is Brc1ccc(CNc2ccc(-n3nccn3)cc2)cc1. The van der Waals surface area contributed by atoms with Crippen LogP contribution >= 0.6 is 15.9 Å². The van der Waals surface area contributed by atoms with Crippen LogP contribution in [0.15, 0.2) is 65.4 Å². The van der Waals surface area contributed by atoms with Crippen molar-refractivity contribution < 1.29 is 0 Å². The van der Waals surface area contributed by atoms with Crippen molar-refractivity contribution in [2.45, 2.75) is 6.54 Å². The number of halogens is 1. The predicted octanol–water partition coefficient (Wildman–Crippen LogP) is 3.64. The van der Waals surface area contributed by atoms with Crippen molar-refractivity contribution >= 4 is 21.6 Å². The minimum absolute atomic E-state index is 0.798. The fourth-order valence-corrected chi connectivity index (χ4v) is 2.13. The molecule has 0 aliphatic rings. The van der Waals surface area contributed by atoms with Gasteiger partial charge in [0.2, 0.25) is 0 Å². The Balaban J connectivity index is 1.65. The van der Waals surface area contributed by atoms with Gasteiger partial charge in [-0.25, -0.2) is 0 Å². The normalized spacial score (nSPS) is 10.4. The zero-order valence-corrected chi connectivity index (χ0v) is 12.3. The van der Waals surface area contributed by atoms with Crippen LogP contribution in [-0.4, -0.2) is 15.0 Å². The molecule has 0 amide bonds. The Hall–Kier alpha value is -2.14. The first-order chi connectivity index (χ1) is 9.81. The summed E-state index contributed by atoms with van der Waals surface area (Å²) in [5, 5.41) is 11.6. The van der Waals surface area contributed by atoms with Gasteiger partial charge in [-0.15, -0.1) is 0 Å². The maximum Gasteiger partial charge on any atom is 0.0858 e. The van der Waals surface area contributed by atoms with E-state index in [1.807, 2.05) is 36.4 Å². The summed E-state index contributed by atoms with van der Waals surface area (Å²) in [6.45, 7) is 0.798. The summed E-state index contributed by atoms with van der Waals surface area (Å²) in [6, 6.07) is 16.3. The van der Waals surface area contributed by atoms with Gasteiger partial charge >= 0.3 is 0 Å². The molecule has 3 aromatic rings. The third-order valence-corrected chi connectivity index (χ3v) is 3.46. The third kappa shape index (κ3) is 3.05. The lowest BCUT2D eigenvalue weighted by Crippen LogP contribution is -2.01. The van der Waals surface area contributed by atoms with E-state index < -0.39 is 0 Å². The molecule has 1 heterocycles. The molecular formula is C15H13BrN4. The van der Waals surface area contributed by atoms with Crippen LogP contribution in [0.25, 0.3) is 5.69 Å². The third-order valence-electron chi connectivity index (χ3n) is 2.93. The van der Waals surface area contributed by atoms with Gasteiger partial charge in [0.1, 0.15) is 0 Å². The van der Waals surface area contributed by atoms with Crippen LogP contribution in [0, 0.1) is 0 Å². The molecule has 0 fully saturated rings. The Kier molecular flexibility index (Phi) is 3.78. The Morgan fingerprint density at radius 3 is 2.20 bits per heavy atom. The second-order valence-electron chi connectivity index (χ2n) is 4.35. The van der Waals surface area contributed by atoms with Gasteiger partial charge in [-0.1, -0.05) is 28.1 Å². The van der Waals surface area contributed by atoms with Gasteiger partial charge in [-0.3, -0.25) is 0 Å². The van der Waals surface area contributed by atoms with E-state index in [0.717, 1.165) is 22.4 Å². The minimum Gasteiger partial charge on any atom is -0.381 e. The summed E-state index contributed by atoms with van der Waals surface area (Å²) in [6.07, 6.45) is 3.33. The number of anilines is 1. The minimum atomic E-state index is 0.798. The standard InChI is InChI=1S/C15H13BrN4/c16-13-3-1-12(2-4-13)11-17-14-5-7-15(8-6-14)20-18-9-10-19-20/h1-10,17H,11H2. The molecule has 0 bridgehead atoms. The number of nitrogens with zero attached hydrogens (tertiary/aromatic N) is 3. The van der Waals surface area contributed by atoms with Crippen LogP contribution in [0.4, 0.5) is 5.69 Å². The molecule has 5 heteroatoms. The predicted molar refractivity (Wildman–Crippen MR) is 82.8 cm³/mol. The van der Waals surface area contributed by atoms with Gasteiger partial charge in [0, 0.05) is 16.7 Å². The Bertz CT molecular complexity index is 660. The van der Waals surface area contributed by atoms with Crippen LogP contribution in [-0.2, 0) is 6.54 Å². The van der Waals surface area contributed by atoms with E-state index >= 15 is 0 Å². The largest absolute Gasteiger partial charge is 0.381 e. The van der Waals surface area contributed by atoms with Crippen molar-refractivity contribution in [1.29, 1.82) is 0 Å². The highest BCUT2D eigenvalue weighted by atomic mass is 79.9. The topological polar surface area (TPSA) is 42.7 Å². The van der Waals surface area contributed by atoms with Gasteiger partial charge in [-0.05, 0) is 42.0 Å². The second-order valence-corrected chi connectivity index (χ2v) is 5.26. The lowest BCUT2D eigenvalue weighted by atomic mass is 10.2. The van der Waals surface area contributed by atoms with Gasteiger partial charge < -0.3 is 5.32 Å². The Labute approximate surface area is 125 Å². The molecule has 100 valence electrons. The fourth-order valence-electron chi connectivity index (χ4n) is 1.87. The van der Waals surface area contributed by atoms with E-state index in [4.69, 9.17) is 0 Å². The van der Waals surface area contributed by atoms with E-state index in [1.165, 1.54) is 5.56 Å². The molecule has 20 heavy (non-hydrogen) atoms. The van der Waals surface area contributed by atoms with Crippen LogP contribution in [0.5, 0.6) is 0 Å². The zero-order valence-electron chi connectivity index (χ0n) is 10.7. The molecule has 0 aliphatic heterocycles. The van der Waals surface area contributed by atoms with E-state index in [9.17, 15) is 0 Å². The summed E-state index contributed by atoms with van der Waals surface area (Å²) in [7, 11) is 0. The van der Waals surface area contributed by atoms with Crippen molar-refractivity contribution in [3.8, 4) is 5.69 Å². The van der Waals surface area contributed by atoms with Gasteiger partial charge in [0.15, 0.2) is 0 Å². The lowest BCUT2D eigenvalue weighted by Gasteiger charge is -2.07. The van der Waals surface area contributed by atoms with Gasteiger partial charge in [-0.2, -0.15) is 15.0 Å². The molecule has 0 unspecified atom stereocenters. The summed E-state index contributed by atoms with van der Waals surface area (Å²) in [5.74, 6) is 0. The number of benzene rings is 2. The second kappa shape index (κ2) is 5.88. The Morgan fingerprint density at radius 1 is 0.900 bits per heavy atom. The smallest absolute Gasteiger partial charge is 0.0858 e. The summed E-state index contributed by atoms with van der Waals surface area (Å²) in [5.41, 5.74) is 3.26. The van der Waals surface area contributed by atoms with Crippen molar-refractivity contribution in [2.24, 2.45) is 0 Å². The van der Waals surface area contributed by atoms with E-state index in [2.05, 4.69) is 43.6 Å². The first-order valence-electron chi connectivity index (χ1n) is 6.26. The first kappa shape index (κ1) is 12.9. The number of rotatable bonds is 4. The summed E-state index contributed by atoms with van der Waals surface area (Å²) in [4.78, 5) is 1.60. The lowest BCUT2D eigenvalue weighted by molar-refractivity contribution is 0.752. The monoisotopic (exact) mass is 328 g/mol. The zero-order chi connectivity index (χ0) is 13.8. The van der Waals surface area contributed by atoms with Gasteiger partial charge in [0.25, 0.3) is 0 Å². The number of aromatic nitrogens is 3. The summed E-state index contributed by atoms with van der Waals surface area (Å²) >= 11 is 3.43. The van der Waals surface area contributed by atoms with Crippen LogP contribution in [0.1, 0.15) is 5.56 Å². The molecule has 0 spiro atoms. The first-order valence-corrected chi connectivity index (χ1v) is 7.06. The van der Waals surface area contributed by atoms with Crippen molar-refractivity contribution in [2.75, 3.05) is 5.32 Å². The molecule has 3 rings (SSSR count). The average molecular weight is 329 g/mol. The highest BCUT2D eigenvalue weighted by molar-refractivity contribution is 9.10. The number of hydrogen-bond donors (Lipinski definition) is 1. The highest BCUT2D eigenvalue weighted by Gasteiger charge is 1.98. The molecule has 1 aromatic heterocycles. The molecule has 0 saturated heterocycles. The molecule has 0 aliphatic carbocycles. The highest BCUT2D eigenvalue weighted by Crippen LogP contribution is 2.14. The van der Waals surface area contributed by atoms with E-state index in [0.29, 0.717) is 0 Å². The average Bonchev–Trinajstić information content (AvgIpc) is 3.01. The Morgan fingerprint density at radius 2 is 1.55 bits per heavy atom. The summed E-state index contributed by atoms with van der Waals surface area (Å²) < 4.78 is 1.09. The van der Waals surface area contributed by atoms with Crippen molar-refractivity contribution in [1.82, 2.24) is 15.0 Å². The molecule has 2 aromatic carbocycles. The van der Waals surface area contributed by atoms with Crippen LogP contribution in [0.3, 0.4) is 0 Å². The molecule has 1 N–H and O–H groups in total. The molecule has 0 saturated carbocycles. The van der Waals surface area contributed by atoms with Crippen LogP contribution in [0.2, 0.25) is 0 Å². The van der Waals surface area contributed by atoms with E-state index in [1.54, 1.807) is 17.2 Å². The number of nitrogens with one attached hydrogen (secondary N) is 1. The molecule has 0 radical (unpaired) electrons. The van der Waals surface area contributed by atoms with E-state index in [-0.39, 0.29) is 0 Å². The fraction of sp³-hybridized carbons (Fsp3) is 0.0667. The quantitative estimate of drug-likeness (QED) is 0.795. The van der Waals surface area contributed by atoms with Gasteiger partial charge in [0.05, 0.1) is 18.1 Å². The van der Waals surface area contributed by atoms with Crippen LogP contribution < -0.4 is 5.32 Å². The molecule has 0 atom stereocenters. The maximum absolute atomic E-state index is 4.10. The maximum atomic E-state index is 4.10. The number of hydrogen-bond acceptors (Lipinski definition) is 3. The van der Waals surface area contributed by atoms with Crippen molar-refractivity contribution in [3.63, 3.8) is 0 Å². The molecule has 4 nitrogen and oxygen atoms in total.